The van der Waals surface area contributed by atoms with Crippen LogP contribution in [0.2, 0.25) is 0 Å². The Hall–Kier alpha value is -2.67. The highest BCUT2D eigenvalue weighted by Gasteiger charge is 2.31. The molecule has 1 amide bonds. The third kappa shape index (κ3) is 3.67. The molecule has 148 valence electrons. The van der Waals surface area contributed by atoms with Gasteiger partial charge in [0.25, 0.3) is 0 Å². The molecule has 2 aliphatic heterocycles. The Labute approximate surface area is 165 Å². The van der Waals surface area contributed by atoms with Crippen LogP contribution in [-0.4, -0.2) is 53.8 Å². The van der Waals surface area contributed by atoms with E-state index in [-0.39, 0.29) is 11.7 Å². The number of phenols is 1. The molecule has 0 atom stereocenters. The van der Waals surface area contributed by atoms with Crippen molar-refractivity contribution in [2.24, 2.45) is 0 Å². The number of rotatable bonds is 5. The number of morpholine rings is 1. The average molecular weight is 382 g/mol. The van der Waals surface area contributed by atoms with Crippen LogP contribution in [0.3, 0.4) is 0 Å². The van der Waals surface area contributed by atoms with Gasteiger partial charge in [0.2, 0.25) is 11.9 Å². The zero-order valence-electron chi connectivity index (χ0n) is 16.2. The van der Waals surface area contributed by atoms with Gasteiger partial charge in [-0.3, -0.25) is 9.69 Å². The molecular formula is C21H26N4O3. The second-order valence-corrected chi connectivity index (χ2v) is 7.22. The molecule has 2 aliphatic rings. The SMILES string of the molecule is CCCCC(=O)N1CCc2c(-c3cccc(O)c3)nc(N3CCOCC3)nc21. The highest BCUT2D eigenvalue weighted by Crippen LogP contribution is 2.36. The number of aromatic hydroxyl groups is 1. The van der Waals surface area contributed by atoms with Gasteiger partial charge in [0.15, 0.2) is 0 Å². The van der Waals surface area contributed by atoms with Crippen LogP contribution in [0.15, 0.2) is 24.3 Å². The monoisotopic (exact) mass is 382 g/mol. The van der Waals surface area contributed by atoms with Crippen molar-refractivity contribution in [1.29, 1.82) is 0 Å². The Bertz CT molecular complexity index is 865. The predicted octanol–water partition coefficient (Wildman–Crippen LogP) is 2.77. The molecule has 1 saturated heterocycles. The van der Waals surface area contributed by atoms with Gasteiger partial charge in [0, 0.05) is 37.2 Å². The lowest BCUT2D eigenvalue weighted by molar-refractivity contribution is -0.118. The van der Waals surface area contributed by atoms with E-state index >= 15 is 0 Å². The Morgan fingerprint density at radius 3 is 2.79 bits per heavy atom. The number of anilines is 2. The quantitative estimate of drug-likeness (QED) is 0.857. The van der Waals surface area contributed by atoms with Gasteiger partial charge >= 0.3 is 0 Å². The molecule has 0 saturated carbocycles. The second-order valence-electron chi connectivity index (χ2n) is 7.22. The Kier molecular flexibility index (Phi) is 5.43. The zero-order valence-corrected chi connectivity index (χ0v) is 16.2. The van der Waals surface area contributed by atoms with Crippen molar-refractivity contribution in [2.75, 3.05) is 42.6 Å². The number of hydrogen-bond donors (Lipinski definition) is 1. The number of carbonyl (C=O) groups is 1. The first-order chi connectivity index (χ1) is 13.7. The molecule has 1 fully saturated rings. The molecule has 1 aromatic heterocycles. The van der Waals surface area contributed by atoms with Crippen LogP contribution in [0.25, 0.3) is 11.3 Å². The van der Waals surface area contributed by atoms with Crippen LogP contribution in [0.5, 0.6) is 5.75 Å². The molecule has 2 aromatic rings. The first-order valence-corrected chi connectivity index (χ1v) is 10.0. The van der Waals surface area contributed by atoms with Crippen molar-refractivity contribution >= 4 is 17.7 Å². The fraction of sp³-hybridized carbons (Fsp3) is 0.476. The zero-order chi connectivity index (χ0) is 19.5. The number of unbranched alkanes of at least 4 members (excludes halogenated alkanes) is 1. The lowest BCUT2D eigenvalue weighted by atomic mass is 10.1. The Morgan fingerprint density at radius 2 is 2.04 bits per heavy atom. The molecule has 0 spiro atoms. The normalized spacial score (nSPS) is 16.3. The molecule has 0 unspecified atom stereocenters. The summed E-state index contributed by atoms with van der Waals surface area (Å²) in [5, 5.41) is 9.94. The van der Waals surface area contributed by atoms with E-state index in [9.17, 15) is 9.90 Å². The molecule has 0 bridgehead atoms. The van der Waals surface area contributed by atoms with Crippen molar-refractivity contribution in [3.63, 3.8) is 0 Å². The standard InChI is InChI=1S/C21H26N4O3/c1-2-3-7-18(27)25-9-8-17-19(15-5-4-6-16(26)14-15)22-21(23-20(17)25)24-10-12-28-13-11-24/h4-6,14,26H,2-3,7-13H2,1H3. The number of phenolic OH excluding ortho intramolecular Hbond substituents is 1. The number of nitrogens with zero attached hydrogens (tertiary/aromatic N) is 4. The Morgan fingerprint density at radius 1 is 1.21 bits per heavy atom. The molecule has 0 aliphatic carbocycles. The van der Waals surface area contributed by atoms with Gasteiger partial charge < -0.3 is 14.7 Å². The van der Waals surface area contributed by atoms with E-state index in [1.165, 1.54) is 0 Å². The number of benzene rings is 1. The summed E-state index contributed by atoms with van der Waals surface area (Å²) in [5.41, 5.74) is 2.62. The summed E-state index contributed by atoms with van der Waals surface area (Å²) in [7, 11) is 0. The summed E-state index contributed by atoms with van der Waals surface area (Å²) < 4.78 is 5.45. The van der Waals surface area contributed by atoms with Gasteiger partial charge in [-0.15, -0.1) is 0 Å². The van der Waals surface area contributed by atoms with E-state index in [2.05, 4.69) is 11.8 Å². The van der Waals surface area contributed by atoms with Crippen LogP contribution < -0.4 is 9.80 Å². The molecule has 7 heteroatoms. The fourth-order valence-electron chi connectivity index (χ4n) is 3.75. The average Bonchev–Trinajstić information content (AvgIpc) is 3.16. The van der Waals surface area contributed by atoms with Crippen LogP contribution in [-0.2, 0) is 16.0 Å². The molecular weight excluding hydrogens is 356 g/mol. The smallest absolute Gasteiger partial charge is 0.228 e. The molecule has 1 N–H and O–H groups in total. The van der Waals surface area contributed by atoms with Crippen LogP contribution in [0.1, 0.15) is 31.7 Å². The van der Waals surface area contributed by atoms with E-state index in [0.29, 0.717) is 32.1 Å². The van der Waals surface area contributed by atoms with Gasteiger partial charge in [0.05, 0.1) is 18.9 Å². The largest absolute Gasteiger partial charge is 0.508 e. The number of amides is 1. The van der Waals surface area contributed by atoms with Crippen LogP contribution in [0.4, 0.5) is 11.8 Å². The second kappa shape index (κ2) is 8.14. The minimum atomic E-state index is 0.120. The molecule has 0 radical (unpaired) electrons. The maximum Gasteiger partial charge on any atom is 0.228 e. The predicted molar refractivity (Wildman–Crippen MR) is 108 cm³/mol. The van der Waals surface area contributed by atoms with Crippen molar-refractivity contribution in [1.82, 2.24) is 9.97 Å². The van der Waals surface area contributed by atoms with Crippen LogP contribution >= 0.6 is 0 Å². The van der Waals surface area contributed by atoms with Gasteiger partial charge in [-0.1, -0.05) is 25.5 Å². The third-order valence-electron chi connectivity index (χ3n) is 5.27. The number of carbonyl (C=O) groups excluding carboxylic acids is 1. The van der Waals surface area contributed by atoms with Crippen molar-refractivity contribution < 1.29 is 14.6 Å². The summed E-state index contributed by atoms with van der Waals surface area (Å²) in [4.78, 5) is 26.3. The first-order valence-electron chi connectivity index (χ1n) is 10.0. The summed E-state index contributed by atoms with van der Waals surface area (Å²) in [6.45, 7) is 5.45. The summed E-state index contributed by atoms with van der Waals surface area (Å²) in [5.74, 6) is 1.66. The molecule has 28 heavy (non-hydrogen) atoms. The van der Waals surface area contributed by atoms with Crippen molar-refractivity contribution in [3.8, 4) is 17.0 Å². The van der Waals surface area contributed by atoms with E-state index in [1.54, 1.807) is 12.1 Å². The van der Waals surface area contributed by atoms with E-state index in [1.807, 2.05) is 17.0 Å². The summed E-state index contributed by atoms with van der Waals surface area (Å²) in [6, 6.07) is 7.11. The van der Waals surface area contributed by atoms with E-state index < -0.39 is 0 Å². The fourth-order valence-corrected chi connectivity index (χ4v) is 3.75. The maximum atomic E-state index is 12.7. The highest BCUT2D eigenvalue weighted by atomic mass is 16.5. The van der Waals surface area contributed by atoms with Gasteiger partial charge in [-0.25, -0.2) is 4.98 Å². The number of aromatic nitrogens is 2. The number of ether oxygens (including phenoxy) is 1. The van der Waals surface area contributed by atoms with E-state index in [0.717, 1.165) is 55.0 Å². The van der Waals surface area contributed by atoms with Crippen LogP contribution in [0, 0.1) is 0 Å². The molecule has 7 nitrogen and oxygen atoms in total. The topological polar surface area (TPSA) is 78.8 Å². The minimum Gasteiger partial charge on any atom is -0.508 e. The minimum absolute atomic E-state index is 0.120. The lowest BCUT2D eigenvalue weighted by Gasteiger charge is -2.28. The number of hydrogen-bond acceptors (Lipinski definition) is 6. The van der Waals surface area contributed by atoms with E-state index in [4.69, 9.17) is 14.7 Å². The molecule has 1 aromatic carbocycles. The molecule has 3 heterocycles. The first kappa shape index (κ1) is 18.7. The van der Waals surface area contributed by atoms with Gasteiger partial charge in [0.1, 0.15) is 11.6 Å². The third-order valence-corrected chi connectivity index (χ3v) is 5.27. The number of fused-ring (bicyclic) bond motifs is 1. The summed E-state index contributed by atoms with van der Waals surface area (Å²) in [6.07, 6.45) is 3.13. The van der Waals surface area contributed by atoms with Crippen molar-refractivity contribution in [3.05, 3.63) is 29.8 Å². The lowest BCUT2D eigenvalue weighted by Crippen LogP contribution is -2.38. The Balaban J connectivity index is 1.78. The summed E-state index contributed by atoms with van der Waals surface area (Å²) >= 11 is 0. The maximum absolute atomic E-state index is 12.7. The van der Waals surface area contributed by atoms with Gasteiger partial charge in [-0.2, -0.15) is 4.98 Å². The van der Waals surface area contributed by atoms with Crippen molar-refractivity contribution in [2.45, 2.75) is 32.6 Å². The highest BCUT2D eigenvalue weighted by molar-refractivity contribution is 5.95. The molecule has 4 rings (SSSR count). The van der Waals surface area contributed by atoms with Gasteiger partial charge in [-0.05, 0) is 25.0 Å².